The molecule has 1 aliphatic rings. The van der Waals surface area contributed by atoms with Gasteiger partial charge < -0.3 is 20.6 Å². The van der Waals surface area contributed by atoms with Crippen LogP contribution in [0.5, 0.6) is 0 Å². The monoisotopic (exact) mass is 449 g/mol. The van der Waals surface area contributed by atoms with Gasteiger partial charge in [0.25, 0.3) is 0 Å². The van der Waals surface area contributed by atoms with Crippen LogP contribution in [-0.2, 0) is 6.54 Å². The molecule has 0 radical (unpaired) electrons. The Kier molecular flexibility index (Phi) is 6.07. The molecule has 2 aromatic carbocycles. The minimum absolute atomic E-state index is 0.603. The van der Waals surface area contributed by atoms with Crippen molar-refractivity contribution in [3.8, 4) is 22.4 Å². The summed E-state index contributed by atoms with van der Waals surface area (Å²) in [7, 11) is 1.85. The van der Waals surface area contributed by atoms with Crippen molar-refractivity contribution in [2.75, 3.05) is 25.5 Å². The molecule has 4 aromatic rings. The molecule has 3 N–H and O–H groups in total. The summed E-state index contributed by atoms with van der Waals surface area (Å²) >= 11 is 0. The molecule has 170 valence electrons. The fourth-order valence-electron chi connectivity index (χ4n) is 4.76. The van der Waals surface area contributed by atoms with Crippen LogP contribution in [0.15, 0.2) is 55.0 Å². The van der Waals surface area contributed by atoms with Gasteiger partial charge in [-0.1, -0.05) is 30.3 Å². The number of fused-ring (bicyclic) bond motifs is 1. The summed E-state index contributed by atoms with van der Waals surface area (Å²) in [6, 6.07) is 13.6. The first-order valence-electron chi connectivity index (χ1n) is 11.6. The van der Waals surface area contributed by atoms with Crippen LogP contribution in [0.2, 0.25) is 0 Å². The SMILES string of the molecule is [C-]#[N+]c1ccc(-c2c(-c3ccc(NC)c(C=N)c3)ncc3c2ncn3CC2CCNCC2)cc1. The third-order valence-electron chi connectivity index (χ3n) is 6.62. The summed E-state index contributed by atoms with van der Waals surface area (Å²) in [6.07, 6.45) is 7.54. The molecule has 1 aliphatic heterocycles. The molecule has 0 unspecified atom stereocenters. The van der Waals surface area contributed by atoms with E-state index in [1.54, 1.807) is 0 Å². The Morgan fingerprint density at radius 2 is 1.91 bits per heavy atom. The minimum atomic E-state index is 0.603. The number of piperidine rings is 1. The molecule has 7 nitrogen and oxygen atoms in total. The van der Waals surface area contributed by atoms with E-state index in [-0.39, 0.29) is 0 Å². The second-order valence-electron chi connectivity index (χ2n) is 8.66. The molecule has 1 fully saturated rings. The van der Waals surface area contributed by atoms with E-state index < -0.39 is 0 Å². The Bertz CT molecular complexity index is 1370. The Balaban J connectivity index is 1.67. The summed E-state index contributed by atoms with van der Waals surface area (Å²) in [6.45, 7) is 10.4. The van der Waals surface area contributed by atoms with E-state index in [4.69, 9.17) is 21.9 Å². The number of hydrogen-bond acceptors (Lipinski definition) is 5. The van der Waals surface area contributed by atoms with E-state index in [0.29, 0.717) is 11.6 Å². The van der Waals surface area contributed by atoms with Gasteiger partial charge in [0.1, 0.15) is 5.52 Å². The van der Waals surface area contributed by atoms with Crippen molar-refractivity contribution in [3.63, 3.8) is 0 Å². The average molecular weight is 450 g/mol. The fourth-order valence-corrected chi connectivity index (χ4v) is 4.76. The second kappa shape index (κ2) is 9.46. The Morgan fingerprint density at radius 3 is 2.62 bits per heavy atom. The van der Waals surface area contributed by atoms with Gasteiger partial charge in [0.15, 0.2) is 5.69 Å². The van der Waals surface area contributed by atoms with Gasteiger partial charge in [-0.2, -0.15) is 0 Å². The van der Waals surface area contributed by atoms with Crippen LogP contribution in [0.4, 0.5) is 11.4 Å². The minimum Gasteiger partial charge on any atom is -0.388 e. The summed E-state index contributed by atoms with van der Waals surface area (Å²) < 4.78 is 2.23. The zero-order valence-corrected chi connectivity index (χ0v) is 19.2. The third kappa shape index (κ3) is 4.04. The molecule has 0 aliphatic carbocycles. The standard InChI is InChI=1S/C27H27N7/c1-29-22-6-3-19(4-7-22)25-26(20-5-8-23(30-2)21(13-20)14-28)32-15-24-27(25)33-17-34(24)16-18-9-11-31-12-10-18/h3-8,13-15,17-18,28,30-31H,9-12,16H2,2H3. The van der Waals surface area contributed by atoms with Gasteiger partial charge in [-0.15, -0.1) is 0 Å². The first kappa shape index (κ1) is 21.8. The van der Waals surface area contributed by atoms with Crippen LogP contribution in [0.1, 0.15) is 18.4 Å². The lowest BCUT2D eigenvalue weighted by Gasteiger charge is -2.23. The second-order valence-corrected chi connectivity index (χ2v) is 8.66. The third-order valence-corrected chi connectivity index (χ3v) is 6.62. The first-order valence-corrected chi connectivity index (χ1v) is 11.6. The van der Waals surface area contributed by atoms with Crippen molar-refractivity contribution < 1.29 is 0 Å². The molecule has 0 spiro atoms. The maximum Gasteiger partial charge on any atom is 0.187 e. The van der Waals surface area contributed by atoms with E-state index in [1.165, 1.54) is 19.1 Å². The number of aromatic nitrogens is 3. The van der Waals surface area contributed by atoms with Crippen molar-refractivity contribution in [2.24, 2.45) is 5.92 Å². The highest BCUT2D eigenvalue weighted by atomic mass is 15.1. The molecule has 0 bridgehead atoms. The number of hydrogen-bond donors (Lipinski definition) is 3. The molecule has 34 heavy (non-hydrogen) atoms. The summed E-state index contributed by atoms with van der Waals surface area (Å²) in [4.78, 5) is 13.3. The van der Waals surface area contributed by atoms with Crippen LogP contribution >= 0.6 is 0 Å². The van der Waals surface area contributed by atoms with Gasteiger partial charge >= 0.3 is 0 Å². The molecule has 5 rings (SSSR count). The van der Waals surface area contributed by atoms with Crippen molar-refractivity contribution in [2.45, 2.75) is 19.4 Å². The lowest BCUT2D eigenvalue weighted by atomic mass is 9.96. The normalized spacial score (nSPS) is 14.1. The molecule has 3 heterocycles. The molecule has 0 saturated carbocycles. The highest BCUT2D eigenvalue weighted by molar-refractivity contribution is 6.00. The van der Waals surface area contributed by atoms with Gasteiger partial charge in [-0.25, -0.2) is 9.83 Å². The van der Waals surface area contributed by atoms with Crippen molar-refractivity contribution in [1.29, 1.82) is 5.41 Å². The Labute approximate surface area is 199 Å². The van der Waals surface area contributed by atoms with Crippen LogP contribution in [-0.4, -0.2) is 40.9 Å². The lowest BCUT2D eigenvalue weighted by molar-refractivity contribution is 0.336. The van der Waals surface area contributed by atoms with Crippen molar-refractivity contribution in [1.82, 2.24) is 19.9 Å². The molecular weight excluding hydrogens is 422 g/mol. The highest BCUT2D eigenvalue weighted by Gasteiger charge is 2.20. The lowest BCUT2D eigenvalue weighted by Crippen LogP contribution is -2.29. The van der Waals surface area contributed by atoms with E-state index >= 15 is 0 Å². The topological polar surface area (TPSA) is 83.0 Å². The van der Waals surface area contributed by atoms with Crippen LogP contribution in [0.3, 0.4) is 0 Å². The Hall–Kier alpha value is -4.02. The zero-order valence-electron chi connectivity index (χ0n) is 19.2. The number of pyridine rings is 1. The summed E-state index contributed by atoms with van der Waals surface area (Å²) in [5.41, 5.74) is 7.90. The number of rotatable bonds is 6. The van der Waals surface area contributed by atoms with Crippen LogP contribution < -0.4 is 10.6 Å². The summed E-state index contributed by atoms with van der Waals surface area (Å²) in [5.74, 6) is 0.629. The molecule has 0 amide bonds. The summed E-state index contributed by atoms with van der Waals surface area (Å²) in [5, 5.41) is 14.4. The maximum atomic E-state index is 7.83. The molecule has 7 heteroatoms. The number of benzene rings is 2. The maximum absolute atomic E-state index is 7.83. The predicted molar refractivity (Wildman–Crippen MR) is 138 cm³/mol. The van der Waals surface area contributed by atoms with E-state index in [0.717, 1.165) is 64.3 Å². The van der Waals surface area contributed by atoms with Crippen LogP contribution in [0.25, 0.3) is 38.3 Å². The average Bonchev–Trinajstić information content (AvgIpc) is 3.31. The number of nitrogens with one attached hydrogen (secondary N) is 3. The van der Waals surface area contributed by atoms with E-state index in [9.17, 15) is 0 Å². The largest absolute Gasteiger partial charge is 0.388 e. The molecule has 2 aromatic heterocycles. The molecule has 1 saturated heterocycles. The Morgan fingerprint density at radius 1 is 1.15 bits per heavy atom. The van der Waals surface area contributed by atoms with Gasteiger partial charge in [0.2, 0.25) is 0 Å². The quantitative estimate of drug-likeness (QED) is 0.274. The number of imidazole rings is 1. The number of nitrogens with zero attached hydrogens (tertiary/aromatic N) is 4. The smallest absolute Gasteiger partial charge is 0.187 e. The van der Waals surface area contributed by atoms with Gasteiger partial charge in [0, 0.05) is 42.2 Å². The van der Waals surface area contributed by atoms with Crippen molar-refractivity contribution in [3.05, 3.63) is 72.0 Å². The fraction of sp³-hybridized carbons (Fsp3) is 0.259. The first-order chi connectivity index (χ1) is 16.7. The van der Waals surface area contributed by atoms with Crippen LogP contribution in [0, 0.1) is 17.9 Å². The zero-order chi connectivity index (χ0) is 23.5. The van der Waals surface area contributed by atoms with Gasteiger partial charge in [0.05, 0.1) is 30.3 Å². The highest BCUT2D eigenvalue weighted by Crippen LogP contribution is 2.37. The van der Waals surface area contributed by atoms with Crippen molar-refractivity contribution >= 4 is 28.6 Å². The van der Waals surface area contributed by atoms with Gasteiger partial charge in [-0.05, 0) is 49.5 Å². The van der Waals surface area contributed by atoms with Gasteiger partial charge in [-0.3, -0.25) is 4.98 Å². The predicted octanol–water partition coefficient (Wildman–Crippen LogP) is 5.36. The van der Waals surface area contributed by atoms with E-state index in [2.05, 4.69) is 20.0 Å². The number of anilines is 1. The molecular formula is C27H27N7. The molecule has 0 atom stereocenters. The van der Waals surface area contributed by atoms with E-state index in [1.807, 2.05) is 62.0 Å².